The van der Waals surface area contributed by atoms with Crippen molar-refractivity contribution in [3.63, 3.8) is 0 Å². The first-order valence-corrected chi connectivity index (χ1v) is 12.5. The number of carbonyl (C=O) groups excluding carboxylic acids is 2. The second-order valence-electron chi connectivity index (χ2n) is 9.63. The molecule has 0 aliphatic carbocycles. The number of hydrogen-bond donors (Lipinski definition) is 1. The summed E-state index contributed by atoms with van der Waals surface area (Å²) < 4.78 is 16.6. The van der Waals surface area contributed by atoms with Crippen LogP contribution in [0.2, 0.25) is 0 Å². The van der Waals surface area contributed by atoms with Gasteiger partial charge in [0.15, 0.2) is 11.5 Å². The van der Waals surface area contributed by atoms with Gasteiger partial charge in [-0.2, -0.15) is 0 Å². The van der Waals surface area contributed by atoms with E-state index < -0.39 is 12.1 Å². The van der Waals surface area contributed by atoms with Crippen LogP contribution in [-0.4, -0.2) is 72.7 Å². The molecule has 1 saturated heterocycles. The average Bonchev–Trinajstić information content (AvgIpc) is 3.26. The number of rotatable bonds is 8. The first-order valence-electron chi connectivity index (χ1n) is 12.5. The van der Waals surface area contributed by atoms with Crippen LogP contribution in [0.25, 0.3) is 10.9 Å². The van der Waals surface area contributed by atoms with E-state index >= 15 is 0 Å². The smallest absolute Gasteiger partial charge is 0.246 e. The Hall–Kier alpha value is -3.52. The van der Waals surface area contributed by atoms with E-state index in [1.807, 2.05) is 50.2 Å². The minimum Gasteiger partial charge on any atom is -0.493 e. The van der Waals surface area contributed by atoms with E-state index in [1.165, 1.54) is 0 Å². The standard InChI is InChI=1S/C28H33N3O5/c1-17(2)36-13-7-12-30-16-25(32)31-22(28(30)33)15-20-19-8-5-6-9-21(19)29-26(20)27(31)18-10-11-23(34-3)24(14-18)35-4/h5-6,8-11,14,17,22,27,29H,7,12-13,15-16H2,1-4H3. The molecule has 1 fully saturated rings. The molecule has 5 rings (SSSR count). The summed E-state index contributed by atoms with van der Waals surface area (Å²) in [5.74, 6) is 1.12. The number of benzene rings is 2. The number of aromatic nitrogens is 1. The minimum absolute atomic E-state index is 0.0134. The summed E-state index contributed by atoms with van der Waals surface area (Å²) in [6, 6.07) is 12.8. The highest BCUT2D eigenvalue weighted by Crippen LogP contribution is 2.44. The maximum Gasteiger partial charge on any atom is 0.246 e. The first-order chi connectivity index (χ1) is 17.4. The molecule has 36 heavy (non-hydrogen) atoms. The minimum atomic E-state index is -0.568. The van der Waals surface area contributed by atoms with E-state index in [9.17, 15) is 9.59 Å². The number of ether oxygens (including phenoxy) is 3. The van der Waals surface area contributed by atoms with Crippen LogP contribution >= 0.6 is 0 Å². The summed E-state index contributed by atoms with van der Waals surface area (Å²) in [7, 11) is 3.19. The summed E-state index contributed by atoms with van der Waals surface area (Å²) in [5, 5.41) is 1.08. The molecular weight excluding hydrogens is 458 g/mol. The summed E-state index contributed by atoms with van der Waals surface area (Å²) in [4.78, 5) is 34.4. The van der Waals surface area contributed by atoms with Gasteiger partial charge in [-0.15, -0.1) is 0 Å². The first kappa shape index (κ1) is 24.2. The van der Waals surface area contributed by atoms with Crippen LogP contribution < -0.4 is 9.47 Å². The molecule has 1 aromatic heterocycles. The molecule has 8 heteroatoms. The van der Waals surface area contributed by atoms with E-state index in [1.54, 1.807) is 24.0 Å². The van der Waals surface area contributed by atoms with Gasteiger partial charge in [-0.25, -0.2) is 0 Å². The third-order valence-electron chi connectivity index (χ3n) is 7.09. The second-order valence-corrected chi connectivity index (χ2v) is 9.63. The summed E-state index contributed by atoms with van der Waals surface area (Å²) in [6.07, 6.45) is 1.31. The van der Waals surface area contributed by atoms with Gasteiger partial charge in [-0.3, -0.25) is 9.59 Å². The molecule has 8 nitrogen and oxygen atoms in total. The molecule has 0 radical (unpaired) electrons. The number of H-pyrrole nitrogens is 1. The van der Waals surface area contributed by atoms with E-state index in [0.29, 0.717) is 37.5 Å². The molecule has 2 unspecified atom stereocenters. The van der Waals surface area contributed by atoms with Crippen LogP contribution in [0.1, 0.15) is 43.1 Å². The Morgan fingerprint density at radius 3 is 2.58 bits per heavy atom. The quantitative estimate of drug-likeness (QED) is 0.486. The number of amides is 2. The van der Waals surface area contributed by atoms with Crippen LogP contribution in [0.3, 0.4) is 0 Å². The predicted octanol–water partition coefficient (Wildman–Crippen LogP) is 3.69. The van der Waals surface area contributed by atoms with Crippen molar-refractivity contribution in [1.82, 2.24) is 14.8 Å². The highest BCUT2D eigenvalue weighted by atomic mass is 16.5. The van der Waals surface area contributed by atoms with Crippen LogP contribution in [-0.2, 0) is 20.7 Å². The maximum atomic E-state index is 13.7. The van der Waals surface area contributed by atoms with Gasteiger partial charge in [0.2, 0.25) is 11.8 Å². The van der Waals surface area contributed by atoms with E-state index in [-0.39, 0.29) is 24.5 Å². The maximum absolute atomic E-state index is 13.7. The van der Waals surface area contributed by atoms with Crippen LogP contribution in [0.5, 0.6) is 11.5 Å². The number of para-hydroxylation sites is 1. The fourth-order valence-electron chi connectivity index (χ4n) is 5.46. The van der Waals surface area contributed by atoms with Crippen molar-refractivity contribution in [2.45, 2.75) is 44.9 Å². The molecule has 3 heterocycles. The summed E-state index contributed by atoms with van der Waals surface area (Å²) >= 11 is 0. The molecule has 190 valence electrons. The van der Waals surface area contributed by atoms with Crippen molar-refractivity contribution in [1.29, 1.82) is 0 Å². The zero-order valence-electron chi connectivity index (χ0n) is 21.2. The number of fused-ring (bicyclic) bond motifs is 4. The molecule has 0 spiro atoms. The Bertz CT molecular complexity index is 1280. The predicted molar refractivity (Wildman–Crippen MR) is 136 cm³/mol. The number of aromatic amines is 1. The summed E-state index contributed by atoms with van der Waals surface area (Å²) in [6.45, 7) is 5.11. The molecule has 0 saturated carbocycles. The van der Waals surface area contributed by atoms with E-state index in [2.05, 4.69) is 11.1 Å². The Labute approximate surface area is 211 Å². The normalized spacial score (nSPS) is 19.6. The molecule has 2 aromatic carbocycles. The average molecular weight is 492 g/mol. The van der Waals surface area contributed by atoms with Gasteiger partial charge in [-0.1, -0.05) is 24.3 Å². The molecular formula is C28H33N3O5. The molecule has 2 atom stereocenters. The Morgan fingerprint density at radius 2 is 1.83 bits per heavy atom. The van der Waals surface area contributed by atoms with Gasteiger partial charge in [0, 0.05) is 36.2 Å². The van der Waals surface area contributed by atoms with Gasteiger partial charge in [0.1, 0.15) is 6.04 Å². The molecule has 3 aromatic rings. The lowest BCUT2D eigenvalue weighted by Gasteiger charge is -2.47. The van der Waals surface area contributed by atoms with Crippen LogP contribution in [0.4, 0.5) is 0 Å². The van der Waals surface area contributed by atoms with Gasteiger partial charge < -0.3 is 29.0 Å². The van der Waals surface area contributed by atoms with Crippen molar-refractivity contribution >= 4 is 22.7 Å². The molecule has 2 amide bonds. The van der Waals surface area contributed by atoms with Crippen molar-refractivity contribution in [3.8, 4) is 11.5 Å². The lowest BCUT2D eigenvalue weighted by Crippen LogP contribution is -2.63. The SMILES string of the molecule is COc1ccc(C2c3[nH]c4ccccc4c3CC3C(=O)N(CCCOC(C)C)CC(=O)N32)cc1OC. The van der Waals surface area contributed by atoms with Crippen molar-refractivity contribution < 1.29 is 23.8 Å². The Kier molecular flexibility index (Phi) is 6.62. The van der Waals surface area contributed by atoms with Gasteiger partial charge in [0.25, 0.3) is 0 Å². The second kappa shape index (κ2) is 9.85. The zero-order valence-corrected chi connectivity index (χ0v) is 21.2. The number of nitrogens with zero attached hydrogens (tertiary/aromatic N) is 2. The largest absolute Gasteiger partial charge is 0.493 e. The van der Waals surface area contributed by atoms with Crippen LogP contribution in [0, 0.1) is 0 Å². The number of hydrogen-bond acceptors (Lipinski definition) is 5. The van der Waals surface area contributed by atoms with Crippen LogP contribution in [0.15, 0.2) is 42.5 Å². The Morgan fingerprint density at radius 1 is 1.06 bits per heavy atom. The number of methoxy groups -OCH3 is 2. The molecule has 1 N–H and O–H groups in total. The van der Waals surface area contributed by atoms with Crippen molar-refractivity contribution in [2.24, 2.45) is 0 Å². The molecule has 2 aliphatic heterocycles. The van der Waals surface area contributed by atoms with Gasteiger partial charge >= 0.3 is 0 Å². The number of nitrogens with one attached hydrogen (secondary N) is 1. The monoisotopic (exact) mass is 491 g/mol. The van der Waals surface area contributed by atoms with Gasteiger partial charge in [0.05, 0.1) is 32.9 Å². The lowest BCUT2D eigenvalue weighted by molar-refractivity contribution is -0.158. The van der Waals surface area contributed by atoms with E-state index in [0.717, 1.165) is 27.7 Å². The highest BCUT2D eigenvalue weighted by Gasteiger charge is 2.48. The number of piperazine rings is 1. The zero-order chi connectivity index (χ0) is 25.4. The third-order valence-corrected chi connectivity index (χ3v) is 7.09. The molecule has 2 aliphatic rings. The Balaban J connectivity index is 1.55. The van der Waals surface area contributed by atoms with Crippen molar-refractivity contribution in [2.75, 3.05) is 33.9 Å². The van der Waals surface area contributed by atoms with E-state index in [4.69, 9.17) is 14.2 Å². The molecule has 0 bridgehead atoms. The fraction of sp³-hybridized carbons (Fsp3) is 0.429. The highest BCUT2D eigenvalue weighted by molar-refractivity contribution is 5.97. The fourth-order valence-corrected chi connectivity index (χ4v) is 5.46. The van der Waals surface area contributed by atoms with Crippen molar-refractivity contribution in [3.05, 3.63) is 59.3 Å². The summed E-state index contributed by atoms with van der Waals surface area (Å²) in [5.41, 5.74) is 3.89. The third kappa shape index (κ3) is 4.19. The van der Waals surface area contributed by atoms with Gasteiger partial charge in [-0.05, 0) is 49.6 Å². The topological polar surface area (TPSA) is 84.1 Å². The number of carbonyl (C=O) groups is 2. The lowest BCUT2D eigenvalue weighted by atomic mass is 9.86.